The molecule has 0 saturated carbocycles. The van der Waals surface area contributed by atoms with E-state index in [2.05, 4.69) is 20.3 Å². The zero-order valence-corrected chi connectivity index (χ0v) is 26.1. The Hall–Kier alpha value is -4.73. The molecule has 4 heterocycles. The van der Waals surface area contributed by atoms with Crippen LogP contribution in [0.4, 0.5) is 0 Å². The van der Waals surface area contributed by atoms with Gasteiger partial charge in [0.25, 0.3) is 5.91 Å². The number of allylic oxidation sites excluding steroid dienone is 3. The van der Waals surface area contributed by atoms with Crippen LogP contribution in [-0.2, 0) is 32.0 Å². The monoisotopic (exact) mass is 600 g/mol. The van der Waals surface area contributed by atoms with E-state index in [-0.39, 0.29) is 43.4 Å². The average molecular weight is 601 g/mol. The number of aliphatic imine (C=N–C) groups is 1. The van der Waals surface area contributed by atoms with E-state index in [1.54, 1.807) is 0 Å². The van der Waals surface area contributed by atoms with Crippen LogP contribution in [0.5, 0.6) is 0 Å². The summed E-state index contributed by atoms with van der Waals surface area (Å²) in [6.45, 7) is 11.5. The summed E-state index contributed by atoms with van der Waals surface area (Å²) in [6.07, 6.45) is 9.19. The third-order valence-corrected chi connectivity index (χ3v) is 8.59. The van der Waals surface area contributed by atoms with Crippen LogP contribution in [0.25, 0.3) is 18.2 Å². The predicted molar refractivity (Wildman–Crippen MR) is 169 cm³/mol. The molecule has 1 saturated heterocycles. The first-order valence-corrected chi connectivity index (χ1v) is 15.0. The number of nitrogens with one attached hydrogen (secondary N) is 3. The van der Waals surface area contributed by atoms with Gasteiger partial charge in [-0.2, -0.15) is 0 Å². The summed E-state index contributed by atoms with van der Waals surface area (Å²) in [7, 11) is 0. The highest BCUT2D eigenvalue weighted by Crippen LogP contribution is 2.31. The second-order valence-electron chi connectivity index (χ2n) is 11.2. The molecule has 44 heavy (non-hydrogen) atoms. The molecule has 4 rings (SSSR count). The van der Waals surface area contributed by atoms with E-state index in [1.165, 1.54) is 0 Å². The van der Waals surface area contributed by atoms with Gasteiger partial charge in [0.15, 0.2) is 0 Å². The van der Waals surface area contributed by atoms with Crippen LogP contribution < -0.4 is 16.0 Å². The molecule has 10 nitrogen and oxygen atoms in total. The largest absolute Gasteiger partial charge is 0.481 e. The van der Waals surface area contributed by atoms with Gasteiger partial charge in [0.2, 0.25) is 5.91 Å². The first kappa shape index (κ1) is 32.2. The Morgan fingerprint density at radius 1 is 0.864 bits per heavy atom. The quantitative estimate of drug-likeness (QED) is 0.264. The Labute approximate surface area is 256 Å². The molecule has 232 valence electrons. The molecule has 0 spiro atoms. The Bertz CT molecular complexity index is 1790. The topological polar surface area (TPSA) is 165 Å². The van der Waals surface area contributed by atoms with Crippen molar-refractivity contribution in [2.45, 2.75) is 80.1 Å². The lowest BCUT2D eigenvalue weighted by Crippen LogP contribution is -2.17. The van der Waals surface area contributed by atoms with Crippen LogP contribution in [0.3, 0.4) is 0 Å². The molecule has 2 aromatic heterocycles. The molecule has 1 unspecified atom stereocenters. The van der Waals surface area contributed by atoms with E-state index >= 15 is 0 Å². The fourth-order valence-electron chi connectivity index (χ4n) is 6.06. The lowest BCUT2D eigenvalue weighted by atomic mass is 9.96. The number of hydrogen-bond acceptors (Lipinski definition) is 4. The van der Waals surface area contributed by atoms with Crippen LogP contribution in [-0.4, -0.2) is 49.6 Å². The number of hydrogen-bond donors (Lipinski definition) is 5. The lowest BCUT2D eigenvalue weighted by molar-refractivity contribution is -0.138. The highest BCUT2D eigenvalue weighted by Gasteiger charge is 2.31. The summed E-state index contributed by atoms with van der Waals surface area (Å²) in [5.41, 5.74) is 8.47. The molecule has 2 amide bonds. The van der Waals surface area contributed by atoms with E-state index in [0.717, 1.165) is 44.4 Å². The number of aromatic amines is 2. The minimum Gasteiger partial charge on any atom is -0.481 e. The SMILES string of the molecule is C/C=C1\C(=C\c2[nH]c(/C=c3\[nH]/c(=C\C4=NC(=O)C(CC)=C4C)c(C)c3CCC(=O)O)c(CCC(=O)O)c2C)NC(=O)C1CC. The molecule has 1 fully saturated rings. The maximum Gasteiger partial charge on any atom is 0.303 e. The van der Waals surface area contributed by atoms with Gasteiger partial charge < -0.3 is 25.5 Å². The number of aliphatic carboxylic acids is 2. The molecule has 2 aliphatic rings. The van der Waals surface area contributed by atoms with Crippen molar-refractivity contribution < 1.29 is 29.4 Å². The minimum atomic E-state index is -0.922. The number of carboxylic acid groups (broad SMARTS) is 2. The molecule has 5 N–H and O–H groups in total. The van der Waals surface area contributed by atoms with Crippen LogP contribution in [0.15, 0.2) is 33.5 Å². The van der Waals surface area contributed by atoms with Crippen molar-refractivity contribution >= 4 is 47.7 Å². The van der Waals surface area contributed by atoms with Gasteiger partial charge in [-0.1, -0.05) is 19.9 Å². The van der Waals surface area contributed by atoms with Crippen molar-refractivity contribution in [2.24, 2.45) is 10.9 Å². The maximum atomic E-state index is 12.6. The normalized spacial score (nSPS) is 19.6. The van der Waals surface area contributed by atoms with Gasteiger partial charge in [0.05, 0.1) is 11.6 Å². The summed E-state index contributed by atoms with van der Waals surface area (Å²) in [5.74, 6) is -2.35. The van der Waals surface area contributed by atoms with E-state index in [4.69, 9.17) is 0 Å². The standard InChI is InChI=1S/C34H40N4O6/c1-7-20-17(4)27(37-33(20)43)14-25-18(5)23(10-12-31(39)40)29(35-25)16-30-24(11-13-32(41)42)19(6)26(36-30)15-28-21(8-2)22(9-3)34(44)38-28/h8,14-16,22,35-36H,7,9-13H2,1-6H3,(H,38,44)(H,39,40)(H,41,42)/b21-8-,25-14-,28-15-,29-16-. The van der Waals surface area contributed by atoms with E-state index < -0.39 is 11.9 Å². The number of carbonyl (C=O) groups is 4. The van der Waals surface area contributed by atoms with Crippen molar-refractivity contribution in [3.8, 4) is 0 Å². The fourth-order valence-corrected chi connectivity index (χ4v) is 6.06. The van der Waals surface area contributed by atoms with Crippen molar-refractivity contribution in [2.75, 3.05) is 0 Å². The van der Waals surface area contributed by atoms with Gasteiger partial charge in [-0.15, -0.1) is 0 Å². The van der Waals surface area contributed by atoms with Crippen molar-refractivity contribution in [1.82, 2.24) is 15.3 Å². The molecule has 0 aliphatic carbocycles. The van der Waals surface area contributed by atoms with E-state index in [1.807, 2.05) is 65.8 Å². The molecule has 2 aliphatic heterocycles. The van der Waals surface area contributed by atoms with Crippen LogP contribution >= 0.6 is 0 Å². The Morgan fingerprint density at radius 2 is 1.52 bits per heavy atom. The highest BCUT2D eigenvalue weighted by molar-refractivity contribution is 6.30. The predicted octanol–water partition coefficient (Wildman–Crippen LogP) is 3.75. The van der Waals surface area contributed by atoms with Gasteiger partial charge >= 0.3 is 11.9 Å². The number of carboxylic acids is 2. The third kappa shape index (κ3) is 6.44. The van der Waals surface area contributed by atoms with E-state index in [0.29, 0.717) is 40.9 Å². The Balaban J connectivity index is 1.90. The lowest BCUT2D eigenvalue weighted by Gasteiger charge is -2.05. The first-order valence-electron chi connectivity index (χ1n) is 15.0. The molecule has 10 heteroatoms. The number of rotatable bonds is 11. The average Bonchev–Trinajstić information content (AvgIpc) is 3.62. The van der Waals surface area contributed by atoms with Gasteiger partial charge in [-0.3, -0.25) is 19.2 Å². The molecule has 1 atom stereocenters. The second-order valence-corrected chi connectivity index (χ2v) is 11.2. The highest BCUT2D eigenvalue weighted by atomic mass is 16.4. The molecular weight excluding hydrogens is 560 g/mol. The van der Waals surface area contributed by atoms with Crippen LogP contribution in [0.1, 0.15) is 87.0 Å². The third-order valence-electron chi connectivity index (χ3n) is 8.59. The zero-order chi connectivity index (χ0) is 32.3. The van der Waals surface area contributed by atoms with Gasteiger partial charge in [0.1, 0.15) is 0 Å². The molecular formula is C34H40N4O6. The van der Waals surface area contributed by atoms with Crippen molar-refractivity contribution in [1.29, 1.82) is 0 Å². The van der Waals surface area contributed by atoms with Gasteiger partial charge in [-0.05, 0) is 105 Å². The Morgan fingerprint density at radius 3 is 2.09 bits per heavy atom. The number of H-pyrrole nitrogens is 2. The molecule has 0 aromatic carbocycles. The summed E-state index contributed by atoms with van der Waals surface area (Å²) < 4.78 is 0. The van der Waals surface area contributed by atoms with Gasteiger partial charge in [-0.25, -0.2) is 4.99 Å². The van der Waals surface area contributed by atoms with Crippen LogP contribution in [0, 0.1) is 19.8 Å². The van der Waals surface area contributed by atoms with E-state index in [9.17, 15) is 29.4 Å². The summed E-state index contributed by atoms with van der Waals surface area (Å²) in [5, 5.41) is 23.3. The zero-order valence-electron chi connectivity index (χ0n) is 26.1. The first-order chi connectivity index (χ1) is 20.9. The van der Waals surface area contributed by atoms with Gasteiger partial charge in [0, 0.05) is 46.2 Å². The number of aromatic nitrogens is 2. The van der Waals surface area contributed by atoms with Crippen molar-refractivity contribution in [3.05, 3.63) is 72.8 Å². The summed E-state index contributed by atoms with van der Waals surface area (Å²) >= 11 is 0. The smallest absolute Gasteiger partial charge is 0.303 e. The number of carbonyl (C=O) groups excluding carboxylic acids is 2. The summed E-state index contributed by atoms with van der Waals surface area (Å²) in [4.78, 5) is 59.1. The fraction of sp³-hybridized carbons (Fsp3) is 0.382. The minimum absolute atomic E-state index is 0.0487. The Kier molecular flexibility index (Phi) is 9.71. The molecule has 0 radical (unpaired) electrons. The maximum absolute atomic E-state index is 12.6. The molecule has 2 aromatic rings. The summed E-state index contributed by atoms with van der Waals surface area (Å²) in [6, 6.07) is 0. The second kappa shape index (κ2) is 13.3. The number of amides is 2. The number of nitrogens with zero attached hydrogens (tertiary/aromatic N) is 1. The molecule has 0 bridgehead atoms. The van der Waals surface area contributed by atoms with Crippen LogP contribution in [0.2, 0.25) is 0 Å². The van der Waals surface area contributed by atoms with Crippen molar-refractivity contribution in [3.63, 3.8) is 0 Å².